The molecule has 0 unspecified atom stereocenters. The van der Waals surface area contributed by atoms with Crippen LogP contribution in [0.3, 0.4) is 0 Å². The Morgan fingerprint density at radius 1 is 1.40 bits per heavy atom. The number of carbonyl (C=O) groups is 2. The lowest BCUT2D eigenvalue weighted by atomic mass is 10.0. The third-order valence-electron chi connectivity index (χ3n) is 3.27. The average molecular weight is 342 g/mol. The van der Waals surface area contributed by atoms with E-state index < -0.39 is 12.0 Å². The SMILES string of the molecule is O=C(O)[C@@H]1CCCCN1C(=O)COc1cccc(Br)c1. The molecule has 2 rings (SSSR count). The van der Waals surface area contributed by atoms with E-state index in [9.17, 15) is 9.59 Å². The second-order valence-electron chi connectivity index (χ2n) is 4.68. The van der Waals surface area contributed by atoms with Gasteiger partial charge in [-0.2, -0.15) is 0 Å². The van der Waals surface area contributed by atoms with Crippen molar-refractivity contribution in [1.82, 2.24) is 4.90 Å². The van der Waals surface area contributed by atoms with Crippen LogP contribution in [0.4, 0.5) is 0 Å². The minimum absolute atomic E-state index is 0.139. The van der Waals surface area contributed by atoms with E-state index in [0.29, 0.717) is 18.7 Å². The van der Waals surface area contributed by atoms with Crippen molar-refractivity contribution in [3.63, 3.8) is 0 Å². The fourth-order valence-corrected chi connectivity index (χ4v) is 2.65. The first-order valence-electron chi connectivity index (χ1n) is 6.48. The van der Waals surface area contributed by atoms with Gasteiger partial charge in [-0.15, -0.1) is 0 Å². The highest BCUT2D eigenvalue weighted by molar-refractivity contribution is 9.10. The van der Waals surface area contributed by atoms with Crippen LogP contribution >= 0.6 is 15.9 Å². The van der Waals surface area contributed by atoms with Gasteiger partial charge in [0.15, 0.2) is 6.61 Å². The number of carboxylic acid groups (broad SMARTS) is 1. The summed E-state index contributed by atoms with van der Waals surface area (Å²) in [6.07, 6.45) is 2.19. The molecular weight excluding hydrogens is 326 g/mol. The highest BCUT2D eigenvalue weighted by Gasteiger charge is 2.31. The second-order valence-corrected chi connectivity index (χ2v) is 5.60. The summed E-state index contributed by atoms with van der Waals surface area (Å²) in [5.74, 6) is -0.644. The van der Waals surface area contributed by atoms with Crippen molar-refractivity contribution in [2.45, 2.75) is 25.3 Å². The maximum absolute atomic E-state index is 12.1. The molecule has 1 aromatic rings. The molecule has 1 atom stereocenters. The van der Waals surface area contributed by atoms with Crippen molar-refractivity contribution >= 4 is 27.8 Å². The van der Waals surface area contributed by atoms with Crippen molar-refractivity contribution in [2.24, 2.45) is 0 Å². The lowest BCUT2D eigenvalue weighted by Gasteiger charge is -2.32. The van der Waals surface area contributed by atoms with Crippen molar-refractivity contribution in [2.75, 3.05) is 13.2 Å². The maximum Gasteiger partial charge on any atom is 0.326 e. The summed E-state index contributed by atoms with van der Waals surface area (Å²) in [4.78, 5) is 24.7. The summed E-state index contributed by atoms with van der Waals surface area (Å²) in [5.41, 5.74) is 0. The van der Waals surface area contributed by atoms with Crippen LogP contribution in [0, 0.1) is 0 Å². The van der Waals surface area contributed by atoms with Crippen LogP contribution in [0.15, 0.2) is 28.7 Å². The van der Waals surface area contributed by atoms with Gasteiger partial charge in [0.1, 0.15) is 11.8 Å². The molecule has 1 aliphatic heterocycles. The molecule has 0 aromatic heterocycles. The number of aliphatic carboxylic acids is 1. The number of rotatable bonds is 4. The summed E-state index contributed by atoms with van der Waals surface area (Å²) in [7, 11) is 0. The minimum atomic E-state index is -0.944. The van der Waals surface area contributed by atoms with Gasteiger partial charge in [0.2, 0.25) is 0 Å². The molecular formula is C14H16BrNO4. The molecule has 1 N–H and O–H groups in total. The molecule has 0 bridgehead atoms. The van der Waals surface area contributed by atoms with Gasteiger partial charge in [0.05, 0.1) is 0 Å². The summed E-state index contributed by atoms with van der Waals surface area (Å²) in [6.45, 7) is 0.345. The van der Waals surface area contributed by atoms with Crippen molar-refractivity contribution < 1.29 is 19.4 Å². The normalized spacial score (nSPS) is 18.6. The Morgan fingerprint density at radius 3 is 2.90 bits per heavy atom. The van der Waals surface area contributed by atoms with E-state index >= 15 is 0 Å². The van der Waals surface area contributed by atoms with Gasteiger partial charge in [0.25, 0.3) is 5.91 Å². The molecule has 108 valence electrons. The minimum Gasteiger partial charge on any atom is -0.484 e. The number of piperidine rings is 1. The number of nitrogens with zero attached hydrogens (tertiary/aromatic N) is 1. The first kappa shape index (κ1) is 14.8. The van der Waals surface area contributed by atoms with E-state index in [2.05, 4.69) is 15.9 Å². The van der Waals surface area contributed by atoms with E-state index in [-0.39, 0.29) is 12.5 Å². The van der Waals surface area contributed by atoms with Gasteiger partial charge in [0, 0.05) is 11.0 Å². The Morgan fingerprint density at radius 2 is 2.20 bits per heavy atom. The summed E-state index contributed by atoms with van der Waals surface area (Å²) >= 11 is 3.32. The second kappa shape index (κ2) is 6.74. The molecule has 0 radical (unpaired) electrons. The number of likely N-dealkylation sites (tertiary alicyclic amines) is 1. The van der Waals surface area contributed by atoms with Crippen molar-refractivity contribution in [1.29, 1.82) is 0 Å². The first-order valence-corrected chi connectivity index (χ1v) is 7.28. The van der Waals surface area contributed by atoms with E-state index in [4.69, 9.17) is 9.84 Å². The van der Waals surface area contributed by atoms with Crippen LogP contribution in [-0.2, 0) is 9.59 Å². The number of ether oxygens (including phenoxy) is 1. The van der Waals surface area contributed by atoms with E-state index in [1.54, 1.807) is 12.1 Å². The van der Waals surface area contributed by atoms with Crippen LogP contribution in [0.5, 0.6) is 5.75 Å². The Bertz CT molecular complexity index is 506. The van der Waals surface area contributed by atoms with Crippen LogP contribution in [-0.4, -0.2) is 41.1 Å². The molecule has 5 nitrogen and oxygen atoms in total. The smallest absolute Gasteiger partial charge is 0.326 e. The molecule has 1 aliphatic rings. The Hall–Kier alpha value is -1.56. The third kappa shape index (κ3) is 3.72. The van der Waals surface area contributed by atoms with Gasteiger partial charge < -0.3 is 14.7 Å². The maximum atomic E-state index is 12.1. The van der Waals surface area contributed by atoms with Crippen LogP contribution in [0.1, 0.15) is 19.3 Å². The molecule has 0 saturated carbocycles. The highest BCUT2D eigenvalue weighted by Crippen LogP contribution is 2.20. The number of benzene rings is 1. The van der Waals surface area contributed by atoms with Crippen LogP contribution < -0.4 is 4.74 Å². The van der Waals surface area contributed by atoms with E-state index in [0.717, 1.165) is 17.3 Å². The molecule has 1 saturated heterocycles. The molecule has 0 aliphatic carbocycles. The topological polar surface area (TPSA) is 66.8 Å². The zero-order valence-electron chi connectivity index (χ0n) is 10.9. The van der Waals surface area contributed by atoms with Crippen LogP contribution in [0.2, 0.25) is 0 Å². The largest absolute Gasteiger partial charge is 0.484 e. The van der Waals surface area contributed by atoms with Gasteiger partial charge in [-0.05, 0) is 37.5 Å². The zero-order chi connectivity index (χ0) is 14.5. The first-order chi connectivity index (χ1) is 9.58. The fraction of sp³-hybridized carbons (Fsp3) is 0.429. The third-order valence-corrected chi connectivity index (χ3v) is 3.76. The van der Waals surface area contributed by atoms with E-state index in [1.807, 2.05) is 12.1 Å². The number of hydrogen-bond donors (Lipinski definition) is 1. The molecule has 0 spiro atoms. The van der Waals surface area contributed by atoms with Crippen LogP contribution in [0.25, 0.3) is 0 Å². The monoisotopic (exact) mass is 341 g/mol. The quantitative estimate of drug-likeness (QED) is 0.912. The summed E-state index contributed by atoms with van der Waals surface area (Å²) in [6, 6.07) is 6.47. The summed E-state index contributed by atoms with van der Waals surface area (Å²) in [5, 5.41) is 9.14. The van der Waals surface area contributed by atoms with Gasteiger partial charge in [-0.25, -0.2) is 4.79 Å². The number of halogens is 1. The van der Waals surface area contributed by atoms with Gasteiger partial charge in [-0.1, -0.05) is 22.0 Å². The predicted octanol–water partition coefficient (Wildman–Crippen LogP) is 2.29. The number of amides is 1. The fourth-order valence-electron chi connectivity index (χ4n) is 2.27. The van der Waals surface area contributed by atoms with E-state index in [1.165, 1.54) is 4.90 Å². The molecule has 20 heavy (non-hydrogen) atoms. The van der Waals surface area contributed by atoms with Gasteiger partial charge in [-0.3, -0.25) is 4.79 Å². The lowest BCUT2D eigenvalue weighted by Crippen LogP contribution is -2.49. The molecule has 1 aromatic carbocycles. The lowest BCUT2D eigenvalue weighted by molar-refractivity contribution is -0.152. The standard InChI is InChI=1S/C14H16BrNO4/c15-10-4-3-5-11(8-10)20-9-13(17)16-7-2-1-6-12(16)14(18)19/h3-5,8,12H,1-2,6-7,9H2,(H,18,19)/t12-/m0/s1. The number of carboxylic acids is 1. The van der Waals surface area contributed by atoms with Crippen molar-refractivity contribution in [3.8, 4) is 5.75 Å². The Labute approximate surface area is 125 Å². The van der Waals surface area contributed by atoms with Gasteiger partial charge >= 0.3 is 5.97 Å². The molecule has 1 heterocycles. The number of carbonyl (C=O) groups excluding carboxylic acids is 1. The Kier molecular flexibility index (Phi) is 5.00. The van der Waals surface area contributed by atoms with Crippen molar-refractivity contribution in [3.05, 3.63) is 28.7 Å². The summed E-state index contributed by atoms with van der Waals surface area (Å²) < 4.78 is 6.28. The molecule has 6 heteroatoms. The molecule has 1 fully saturated rings. The molecule has 1 amide bonds. The zero-order valence-corrected chi connectivity index (χ0v) is 12.5. The number of hydrogen-bond acceptors (Lipinski definition) is 3. The predicted molar refractivity (Wildman–Crippen MR) is 76.6 cm³/mol. The highest BCUT2D eigenvalue weighted by atomic mass is 79.9. The average Bonchev–Trinajstić information content (AvgIpc) is 2.45. The Balaban J connectivity index is 1.95.